The maximum absolute atomic E-state index is 12.2. The summed E-state index contributed by atoms with van der Waals surface area (Å²) in [4.78, 5) is 12.2. The molecule has 3 aromatic carbocycles. The van der Waals surface area contributed by atoms with Crippen molar-refractivity contribution in [3.63, 3.8) is 0 Å². The van der Waals surface area contributed by atoms with Crippen LogP contribution in [0.2, 0.25) is 5.02 Å². The molecule has 4 heteroatoms. The van der Waals surface area contributed by atoms with Crippen LogP contribution in [0.1, 0.15) is 10.4 Å². The van der Waals surface area contributed by atoms with Crippen molar-refractivity contribution in [3.8, 4) is 11.5 Å². The van der Waals surface area contributed by atoms with Gasteiger partial charge in [0, 0.05) is 15.8 Å². The summed E-state index contributed by atoms with van der Waals surface area (Å²) < 4.78 is 5.23. The van der Waals surface area contributed by atoms with Gasteiger partial charge in [0.2, 0.25) is 0 Å². The zero-order valence-corrected chi connectivity index (χ0v) is 11.7. The van der Waals surface area contributed by atoms with Gasteiger partial charge in [-0.1, -0.05) is 54.1 Å². The van der Waals surface area contributed by atoms with E-state index in [1.54, 1.807) is 42.5 Å². The van der Waals surface area contributed by atoms with Gasteiger partial charge in [0.25, 0.3) is 0 Å². The highest BCUT2D eigenvalue weighted by Gasteiger charge is 2.18. The number of ether oxygens (including phenoxy) is 1. The third-order valence-corrected chi connectivity index (χ3v) is 3.45. The highest BCUT2D eigenvalue weighted by atomic mass is 35.5. The summed E-state index contributed by atoms with van der Waals surface area (Å²) in [6, 6.07) is 17.2. The minimum atomic E-state index is -0.647. The van der Waals surface area contributed by atoms with E-state index in [4.69, 9.17) is 16.3 Å². The number of esters is 1. The first-order valence-electron chi connectivity index (χ1n) is 6.34. The van der Waals surface area contributed by atoms with Gasteiger partial charge in [-0.2, -0.15) is 0 Å². The number of benzene rings is 3. The number of carbonyl (C=O) groups excluding carboxylic acids is 1. The fourth-order valence-electron chi connectivity index (χ4n) is 2.12. The fraction of sp³-hybridized carbons (Fsp3) is 0. The molecule has 0 unspecified atom stereocenters. The lowest BCUT2D eigenvalue weighted by Crippen LogP contribution is -2.09. The zero-order chi connectivity index (χ0) is 14.8. The molecule has 0 aliphatic heterocycles. The molecule has 21 heavy (non-hydrogen) atoms. The molecular formula is C17H11ClO3. The minimum Gasteiger partial charge on any atom is -0.506 e. The standard InChI is InChI=1S/C17H11ClO3/c18-15-10-14(16(19)13-9-5-4-8-12(13)15)17(20)21-11-6-2-1-3-7-11/h1-10,19H. The molecule has 104 valence electrons. The van der Waals surface area contributed by atoms with E-state index in [0.717, 1.165) is 0 Å². The average Bonchev–Trinajstić information content (AvgIpc) is 2.52. The molecule has 0 fully saturated rings. The van der Waals surface area contributed by atoms with Gasteiger partial charge in [-0.3, -0.25) is 0 Å². The Kier molecular flexibility index (Phi) is 3.50. The molecule has 3 rings (SSSR count). The van der Waals surface area contributed by atoms with Crippen LogP contribution in [0, 0.1) is 0 Å². The zero-order valence-electron chi connectivity index (χ0n) is 10.9. The Morgan fingerprint density at radius 3 is 2.29 bits per heavy atom. The van der Waals surface area contributed by atoms with Gasteiger partial charge >= 0.3 is 5.97 Å². The van der Waals surface area contributed by atoms with Crippen molar-refractivity contribution in [2.75, 3.05) is 0 Å². The molecule has 0 atom stereocenters. The van der Waals surface area contributed by atoms with Crippen molar-refractivity contribution < 1.29 is 14.6 Å². The number of carbonyl (C=O) groups is 1. The van der Waals surface area contributed by atoms with Gasteiger partial charge in [0.05, 0.1) is 0 Å². The van der Waals surface area contributed by atoms with Gasteiger partial charge in [-0.15, -0.1) is 0 Å². The molecule has 3 nitrogen and oxygen atoms in total. The molecule has 0 saturated heterocycles. The van der Waals surface area contributed by atoms with E-state index >= 15 is 0 Å². The van der Waals surface area contributed by atoms with Gasteiger partial charge < -0.3 is 9.84 Å². The lowest BCUT2D eigenvalue weighted by atomic mass is 10.1. The predicted molar refractivity (Wildman–Crippen MR) is 82.0 cm³/mol. The maximum atomic E-state index is 12.2. The van der Waals surface area contributed by atoms with Crippen LogP contribution in [0.25, 0.3) is 10.8 Å². The predicted octanol–water partition coefficient (Wildman–Crippen LogP) is 4.42. The largest absolute Gasteiger partial charge is 0.506 e. The summed E-state index contributed by atoms with van der Waals surface area (Å²) in [5, 5.41) is 11.9. The van der Waals surface area contributed by atoms with E-state index in [9.17, 15) is 9.90 Å². The second kappa shape index (κ2) is 5.46. The lowest BCUT2D eigenvalue weighted by molar-refractivity contribution is 0.0732. The van der Waals surface area contributed by atoms with Crippen LogP contribution in [-0.2, 0) is 0 Å². The molecular weight excluding hydrogens is 288 g/mol. The summed E-state index contributed by atoms with van der Waals surface area (Å²) in [7, 11) is 0. The summed E-state index contributed by atoms with van der Waals surface area (Å²) in [5.41, 5.74) is 0.0440. The summed E-state index contributed by atoms with van der Waals surface area (Å²) >= 11 is 6.16. The van der Waals surface area contributed by atoms with Gasteiger partial charge in [0.15, 0.2) is 0 Å². The van der Waals surface area contributed by atoms with Crippen LogP contribution < -0.4 is 4.74 Å². The SMILES string of the molecule is O=C(Oc1ccccc1)c1cc(Cl)c2ccccc2c1O. The van der Waals surface area contributed by atoms with Gasteiger partial charge in [-0.25, -0.2) is 4.79 Å². The topological polar surface area (TPSA) is 46.5 Å². The number of aromatic hydroxyl groups is 1. The van der Waals surface area contributed by atoms with E-state index in [-0.39, 0.29) is 11.3 Å². The Morgan fingerprint density at radius 2 is 1.57 bits per heavy atom. The summed E-state index contributed by atoms with van der Waals surface area (Å²) in [5.74, 6) is -0.367. The first kappa shape index (κ1) is 13.5. The number of fused-ring (bicyclic) bond motifs is 1. The molecule has 3 aromatic rings. The van der Waals surface area contributed by atoms with Crippen molar-refractivity contribution in [2.24, 2.45) is 0 Å². The molecule has 0 aromatic heterocycles. The average molecular weight is 299 g/mol. The highest BCUT2D eigenvalue weighted by Crippen LogP contribution is 2.34. The Balaban J connectivity index is 2.04. The monoisotopic (exact) mass is 298 g/mol. The summed E-state index contributed by atoms with van der Waals surface area (Å²) in [6.45, 7) is 0. The number of phenols is 1. The van der Waals surface area contributed by atoms with Crippen LogP contribution in [0.5, 0.6) is 11.5 Å². The molecule has 0 bridgehead atoms. The van der Waals surface area contributed by atoms with Crippen molar-refractivity contribution in [1.82, 2.24) is 0 Å². The Labute approximate surface area is 126 Å². The van der Waals surface area contributed by atoms with E-state index in [2.05, 4.69) is 0 Å². The number of hydrogen-bond acceptors (Lipinski definition) is 3. The first-order chi connectivity index (χ1) is 10.2. The molecule has 0 saturated carbocycles. The van der Waals surface area contributed by atoms with Gasteiger partial charge in [-0.05, 0) is 18.2 Å². The number of phenolic OH excluding ortho intramolecular Hbond substituents is 1. The third kappa shape index (κ3) is 2.56. The van der Waals surface area contributed by atoms with E-state index < -0.39 is 5.97 Å². The first-order valence-corrected chi connectivity index (χ1v) is 6.72. The molecule has 0 spiro atoms. The maximum Gasteiger partial charge on any atom is 0.347 e. The van der Waals surface area contributed by atoms with Crippen molar-refractivity contribution >= 4 is 28.3 Å². The third-order valence-electron chi connectivity index (χ3n) is 3.14. The highest BCUT2D eigenvalue weighted by molar-refractivity contribution is 6.36. The van der Waals surface area contributed by atoms with Gasteiger partial charge in [0.1, 0.15) is 17.1 Å². The van der Waals surface area contributed by atoms with Crippen LogP contribution >= 0.6 is 11.6 Å². The minimum absolute atomic E-state index is 0.0440. The second-order valence-electron chi connectivity index (χ2n) is 4.50. The van der Waals surface area contributed by atoms with Crippen molar-refractivity contribution in [3.05, 3.63) is 71.2 Å². The quantitative estimate of drug-likeness (QED) is 0.563. The Hall–Kier alpha value is -2.52. The van der Waals surface area contributed by atoms with E-state index in [1.807, 2.05) is 12.1 Å². The molecule has 0 heterocycles. The smallest absolute Gasteiger partial charge is 0.347 e. The molecule has 0 aliphatic rings. The van der Waals surface area contributed by atoms with Crippen LogP contribution in [-0.4, -0.2) is 11.1 Å². The van der Waals surface area contributed by atoms with E-state index in [0.29, 0.717) is 21.5 Å². The number of para-hydroxylation sites is 1. The molecule has 0 amide bonds. The van der Waals surface area contributed by atoms with Crippen molar-refractivity contribution in [2.45, 2.75) is 0 Å². The van der Waals surface area contributed by atoms with E-state index in [1.165, 1.54) is 6.07 Å². The van der Waals surface area contributed by atoms with Crippen LogP contribution in [0.15, 0.2) is 60.7 Å². The normalized spacial score (nSPS) is 10.5. The number of halogens is 1. The van der Waals surface area contributed by atoms with Crippen LogP contribution in [0.3, 0.4) is 0 Å². The Morgan fingerprint density at radius 1 is 0.952 bits per heavy atom. The lowest BCUT2D eigenvalue weighted by Gasteiger charge is -2.09. The summed E-state index contributed by atoms with van der Waals surface area (Å²) in [6.07, 6.45) is 0. The Bertz CT molecular complexity index is 813. The second-order valence-corrected chi connectivity index (χ2v) is 4.91. The fourth-order valence-corrected chi connectivity index (χ4v) is 2.40. The van der Waals surface area contributed by atoms with Crippen LogP contribution in [0.4, 0.5) is 0 Å². The number of hydrogen-bond donors (Lipinski definition) is 1. The number of rotatable bonds is 2. The molecule has 0 radical (unpaired) electrons. The molecule has 1 N–H and O–H groups in total. The molecule has 0 aliphatic carbocycles. The van der Waals surface area contributed by atoms with Crippen molar-refractivity contribution in [1.29, 1.82) is 0 Å².